The number of halogens is 1. The summed E-state index contributed by atoms with van der Waals surface area (Å²) < 4.78 is 17.5. The smallest absolute Gasteiger partial charge is 0.305 e. The highest BCUT2D eigenvalue weighted by Crippen LogP contribution is 2.24. The molecule has 0 spiro atoms. The zero-order valence-electron chi connectivity index (χ0n) is 19.6. The Labute approximate surface area is 200 Å². The molecular weight excluding hydrogens is 441 g/mol. The van der Waals surface area contributed by atoms with E-state index in [0.29, 0.717) is 43.2 Å². The van der Waals surface area contributed by atoms with Crippen LogP contribution in [0.2, 0.25) is 0 Å². The van der Waals surface area contributed by atoms with Gasteiger partial charge in [-0.3, -0.25) is 14.4 Å². The molecule has 0 radical (unpaired) electrons. The average Bonchev–Trinajstić information content (AvgIpc) is 2.86. The predicted molar refractivity (Wildman–Crippen MR) is 125 cm³/mol. The maximum absolute atomic E-state index is 13.0. The van der Waals surface area contributed by atoms with Crippen molar-refractivity contribution >= 4 is 17.8 Å². The minimum Gasteiger partial charge on any atom is -0.491 e. The first-order valence-corrected chi connectivity index (χ1v) is 12.3. The van der Waals surface area contributed by atoms with Gasteiger partial charge in [-0.15, -0.1) is 0 Å². The summed E-state index contributed by atoms with van der Waals surface area (Å²) in [5, 5.41) is 15.6. The second-order valence-electron chi connectivity index (χ2n) is 9.18. The number of nitrogens with zero attached hydrogens (tertiary/aromatic N) is 1. The van der Waals surface area contributed by atoms with Gasteiger partial charge in [0.25, 0.3) is 0 Å². The molecule has 1 aromatic rings. The van der Waals surface area contributed by atoms with Crippen molar-refractivity contribution in [3.8, 4) is 5.75 Å². The average molecular weight is 478 g/mol. The van der Waals surface area contributed by atoms with Gasteiger partial charge in [0.2, 0.25) is 11.8 Å². The summed E-state index contributed by atoms with van der Waals surface area (Å²) in [5.74, 6) is -0.462. The van der Waals surface area contributed by atoms with Crippen LogP contribution in [-0.4, -0.2) is 67.3 Å². The first-order valence-electron chi connectivity index (χ1n) is 12.3. The Hall–Kier alpha value is -2.68. The van der Waals surface area contributed by atoms with Crippen LogP contribution in [0, 0.1) is 11.8 Å². The van der Waals surface area contributed by atoms with Gasteiger partial charge in [-0.05, 0) is 68.8 Å². The van der Waals surface area contributed by atoms with E-state index < -0.39 is 18.7 Å². The second kappa shape index (κ2) is 13.3. The normalized spacial score (nSPS) is 19.9. The van der Waals surface area contributed by atoms with Gasteiger partial charge in [-0.1, -0.05) is 12.1 Å². The molecule has 8 nitrogen and oxygen atoms in total. The van der Waals surface area contributed by atoms with Crippen molar-refractivity contribution < 1.29 is 28.6 Å². The summed E-state index contributed by atoms with van der Waals surface area (Å²) >= 11 is 0. The van der Waals surface area contributed by atoms with Crippen molar-refractivity contribution in [3.63, 3.8) is 0 Å². The number of ether oxygens (including phenoxy) is 1. The Kier molecular flexibility index (Phi) is 10.1. The quantitative estimate of drug-likeness (QED) is 0.452. The highest BCUT2D eigenvalue weighted by atomic mass is 19.1. The van der Waals surface area contributed by atoms with Gasteiger partial charge in [-0.25, -0.2) is 4.39 Å². The minimum atomic E-state index is -1.03. The van der Waals surface area contributed by atoms with Gasteiger partial charge in [0.15, 0.2) is 0 Å². The topological polar surface area (TPSA) is 108 Å². The number of carbonyl (C=O) groups excluding carboxylic acids is 2. The third-order valence-electron chi connectivity index (χ3n) is 6.69. The maximum Gasteiger partial charge on any atom is 0.305 e. The molecule has 1 aromatic carbocycles. The first-order chi connectivity index (χ1) is 16.5. The minimum absolute atomic E-state index is 0.0522. The molecule has 2 saturated heterocycles. The van der Waals surface area contributed by atoms with Crippen LogP contribution in [0.1, 0.15) is 56.6 Å². The van der Waals surface area contributed by atoms with Gasteiger partial charge >= 0.3 is 5.97 Å². The summed E-state index contributed by atoms with van der Waals surface area (Å²) in [5.41, 5.74) is 0.633. The molecule has 2 amide bonds. The van der Waals surface area contributed by atoms with E-state index in [1.54, 1.807) is 29.2 Å². The summed E-state index contributed by atoms with van der Waals surface area (Å²) in [6.45, 7) is 2.40. The molecule has 9 heteroatoms. The van der Waals surface area contributed by atoms with Crippen LogP contribution in [0.15, 0.2) is 24.3 Å². The van der Waals surface area contributed by atoms with E-state index >= 15 is 0 Å². The van der Waals surface area contributed by atoms with E-state index in [9.17, 15) is 23.9 Å². The lowest BCUT2D eigenvalue weighted by atomic mass is 9.92. The number of carboxylic acids is 1. The van der Waals surface area contributed by atoms with E-state index in [4.69, 9.17) is 4.74 Å². The lowest BCUT2D eigenvalue weighted by Gasteiger charge is -2.33. The van der Waals surface area contributed by atoms with Crippen LogP contribution in [-0.2, 0) is 14.4 Å². The number of likely N-dealkylation sites (tertiary alicyclic amines) is 1. The van der Waals surface area contributed by atoms with Gasteiger partial charge in [-0.2, -0.15) is 0 Å². The molecule has 2 heterocycles. The maximum atomic E-state index is 13.0. The molecule has 0 aliphatic carbocycles. The number of aliphatic carboxylic acids is 1. The summed E-state index contributed by atoms with van der Waals surface area (Å²) in [6.07, 6.45) is 4.76. The summed E-state index contributed by atoms with van der Waals surface area (Å²) in [6, 6.07) is 5.93. The number of hydrogen-bond acceptors (Lipinski definition) is 5. The summed E-state index contributed by atoms with van der Waals surface area (Å²) in [7, 11) is 0. The molecule has 0 saturated carbocycles. The van der Waals surface area contributed by atoms with Crippen LogP contribution in [0.3, 0.4) is 0 Å². The number of rotatable bonds is 11. The van der Waals surface area contributed by atoms with E-state index in [-0.39, 0.29) is 30.8 Å². The third kappa shape index (κ3) is 7.97. The number of alkyl halides is 1. The Morgan fingerprint density at radius 1 is 1.18 bits per heavy atom. The largest absolute Gasteiger partial charge is 0.491 e. The van der Waals surface area contributed by atoms with Crippen molar-refractivity contribution in [2.75, 3.05) is 39.5 Å². The Morgan fingerprint density at radius 2 is 1.91 bits per heavy atom. The zero-order valence-corrected chi connectivity index (χ0v) is 19.6. The Morgan fingerprint density at radius 3 is 2.59 bits per heavy atom. The number of carboxylic acid groups (broad SMARTS) is 1. The molecule has 2 unspecified atom stereocenters. The number of benzene rings is 1. The standard InChI is InChI=1S/C25H36FN3O5/c26-11-15-34-21-6-4-19(5-7-21)22(16-24(31)32)28-25(33)20-2-1-14-29(17-20)23(30)8-3-18-9-12-27-13-10-18/h4-7,18,20,22,27H,1-3,8-17H2,(H,28,33)(H,31,32). The lowest BCUT2D eigenvalue weighted by Crippen LogP contribution is -2.46. The molecule has 2 aliphatic rings. The van der Waals surface area contributed by atoms with Gasteiger partial charge < -0.3 is 25.4 Å². The van der Waals surface area contributed by atoms with Crippen molar-refractivity contribution in [2.24, 2.45) is 11.8 Å². The van der Waals surface area contributed by atoms with E-state index in [2.05, 4.69) is 10.6 Å². The molecule has 2 atom stereocenters. The first kappa shape index (κ1) is 25.9. The van der Waals surface area contributed by atoms with E-state index in [1.165, 1.54) is 0 Å². The molecular formula is C25H36FN3O5. The molecule has 188 valence electrons. The zero-order chi connectivity index (χ0) is 24.3. The third-order valence-corrected chi connectivity index (χ3v) is 6.69. The summed E-state index contributed by atoms with van der Waals surface area (Å²) in [4.78, 5) is 39.0. The van der Waals surface area contributed by atoms with Crippen LogP contribution >= 0.6 is 0 Å². The molecule has 3 N–H and O–H groups in total. The SMILES string of the molecule is O=C(O)CC(NC(=O)C1CCCN(C(=O)CCC2CCNCC2)C1)c1ccc(OCCF)cc1. The molecule has 3 rings (SSSR count). The predicted octanol–water partition coefficient (Wildman–Crippen LogP) is 2.69. The van der Waals surface area contributed by atoms with Gasteiger partial charge in [0, 0.05) is 19.5 Å². The van der Waals surface area contributed by atoms with Crippen LogP contribution in [0.25, 0.3) is 0 Å². The Balaban J connectivity index is 1.55. The van der Waals surface area contributed by atoms with Crippen LogP contribution in [0.4, 0.5) is 4.39 Å². The monoisotopic (exact) mass is 477 g/mol. The fraction of sp³-hybridized carbons (Fsp3) is 0.640. The van der Waals surface area contributed by atoms with Crippen molar-refractivity contribution in [2.45, 2.75) is 51.0 Å². The van der Waals surface area contributed by atoms with Gasteiger partial charge in [0.05, 0.1) is 18.4 Å². The fourth-order valence-electron chi connectivity index (χ4n) is 4.74. The molecule has 0 bridgehead atoms. The molecule has 2 aliphatic heterocycles. The molecule has 2 fully saturated rings. The molecule has 0 aromatic heterocycles. The molecule has 34 heavy (non-hydrogen) atoms. The highest BCUT2D eigenvalue weighted by Gasteiger charge is 2.30. The highest BCUT2D eigenvalue weighted by molar-refractivity contribution is 5.82. The van der Waals surface area contributed by atoms with Crippen LogP contribution in [0.5, 0.6) is 5.75 Å². The van der Waals surface area contributed by atoms with E-state index in [0.717, 1.165) is 38.8 Å². The Bertz CT molecular complexity index is 813. The second-order valence-corrected chi connectivity index (χ2v) is 9.18. The van der Waals surface area contributed by atoms with Gasteiger partial charge in [0.1, 0.15) is 19.0 Å². The lowest BCUT2D eigenvalue weighted by molar-refractivity contribution is -0.138. The number of carbonyl (C=O) groups is 3. The number of piperidine rings is 2. The van der Waals surface area contributed by atoms with Crippen molar-refractivity contribution in [1.82, 2.24) is 15.5 Å². The fourth-order valence-corrected chi connectivity index (χ4v) is 4.74. The van der Waals surface area contributed by atoms with E-state index in [1.807, 2.05) is 0 Å². The van der Waals surface area contributed by atoms with Crippen LogP contribution < -0.4 is 15.4 Å². The number of hydrogen-bond donors (Lipinski definition) is 3. The van der Waals surface area contributed by atoms with Crippen molar-refractivity contribution in [1.29, 1.82) is 0 Å². The van der Waals surface area contributed by atoms with Crippen molar-refractivity contribution in [3.05, 3.63) is 29.8 Å². The number of nitrogens with one attached hydrogen (secondary N) is 2. The number of amides is 2.